The number of unbranched alkanes of at least 4 members (excludes halogenated alkanes) is 1. The van der Waals surface area contributed by atoms with E-state index in [-0.39, 0.29) is 0 Å². The lowest BCUT2D eigenvalue weighted by Gasteiger charge is -2.13. The van der Waals surface area contributed by atoms with E-state index in [9.17, 15) is 9.59 Å². The van der Waals surface area contributed by atoms with Gasteiger partial charge in [-0.2, -0.15) is 0 Å². The summed E-state index contributed by atoms with van der Waals surface area (Å²) in [5.41, 5.74) is 2.46. The zero-order chi connectivity index (χ0) is 14.4. The first-order chi connectivity index (χ1) is 9.04. The molecule has 0 radical (unpaired) electrons. The van der Waals surface area contributed by atoms with Crippen molar-refractivity contribution in [3.05, 3.63) is 34.4 Å². The molecule has 0 aliphatic heterocycles. The van der Waals surface area contributed by atoms with Gasteiger partial charge in [-0.15, -0.1) is 0 Å². The molecule has 0 aliphatic carbocycles. The summed E-state index contributed by atoms with van der Waals surface area (Å²) < 4.78 is 9.58. The molecule has 1 aromatic carbocycles. The summed E-state index contributed by atoms with van der Waals surface area (Å²) >= 11 is 0. The summed E-state index contributed by atoms with van der Waals surface area (Å²) in [5, 5.41) is 0. The van der Waals surface area contributed by atoms with Crippen molar-refractivity contribution in [1.82, 2.24) is 0 Å². The monoisotopic (exact) mass is 264 g/mol. The van der Waals surface area contributed by atoms with Crippen LogP contribution in [0.5, 0.6) is 0 Å². The Morgan fingerprint density at radius 2 is 1.53 bits per heavy atom. The van der Waals surface area contributed by atoms with E-state index in [4.69, 9.17) is 9.47 Å². The van der Waals surface area contributed by atoms with Crippen LogP contribution in [-0.4, -0.2) is 26.2 Å². The SMILES string of the molecule is CCCCc1c(C(=O)OC)cc(C)cc1C(=O)OC. The zero-order valence-corrected chi connectivity index (χ0v) is 11.9. The average molecular weight is 264 g/mol. The normalized spacial score (nSPS) is 10.1. The fourth-order valence-corrected chi connectivity index (χ4v) is 2.02. The molecule has 104 valence electrons. The van der Waals surface area contributed by atoms with E-state index in [1.165, 1.54) is 14.2 Å². The molecule has 0 aromatic heterocycles. The van der Waals surface area contributed by atoms with Crippen LogP contribution in [0.1, 0.15) is 51.6 Å². The van der Waals surface area contributed by atoms with E-state index in [0.717, 1.165) is 18.4 Å². The first-order valence-corrected chi connectivity index (χ1v) is 6.35. The maximum atomic E-state index is 11.8. The third kappa shape index (κ3) is 3.56. The van der Waals surface area contributed by atoms with Crippen LogP contribution in [0.2, 0.25) is 0 Å². The third-order valence-electron chi connectivity index (χ3n) is 2.99. The van der Waals surface area contributed by atoms with Gasteiger partial charge in [-0.05, 0) is 43.0 Å². The standard InChI is InChI=1S/C15H20O4/c1-5-6-7-11-12(14(16)18-3)8-10(2)9-13(11)15(17)19-4/h8-9H,5-7H2,1-4H3. The van der Waals surface area contributed by atoms with Crippen LogP contribution in [0.15, 0.2) is 12.1 Å². The second kappa shape index (κ2) is 6.92. The van der Waals surface area contributed by atoms with Crippen molar-refractivity contribution in [2.45, 2.75) is 33.1 Å². The van der Waals surface area contributed by atoms with Gasteiger partial charge >= 0.3 is 11.9 Å². The highest BCUT2D eigenvalue weighted by atomic mass is 16.5. The van der Waals surface area contributed by atoms with Crippen molar-refractivity contribution >= 4 is 11.9 Å². The van der Waals surface area contributed by atoms with Gasteiger partial charge in [0.15, 0.2) is 0 Å². The minimum Gasteiger partial charge on any atom is -0.465 e. The predicted octanol–water partition coefficient (Wildman–Crippen LogP) is 2.91. The lowest BCUT2D eigenvalue weighted by Crippen LogP contribution is -2.13. The Morgan fingerprint density at radius 1 is 1.05 bits per heavy atom. The molecule has 0 fully saturated rings. The highest BCUT2D eigenvalue weighted by Gasteiger charge is 2.20. The van der Waals surface area contributed by atoms with Gasteiger partial charge in [-0.25, -0.2) is 9.59 Å². The van der Waals surface area contributed by atoms with Gasteiger partial charge in [0.2, 0.25) is 0 Å². The van der Waals surface area contributed by atoms with E-state index in [2.05, 4.69) is 6.92 Å². The van der Waals surface area contributed by atoms with Crippen LogP contribution in [0, 0.1) is 6.92 Å². The molecule has 0 heterocycles. The molecule has 0 saturated heterocycles. The summed E-state index contributed by atoms with van der Waals surface area (Å²) in [6, 6.07) is 3.51. The van der Waals surface area contributed by atoms with E-state index >= 15 is 0 Å². The minimum absolute atomic E-state index is 0.417. The summed E-state index contributed by atoms with van der Waals surface area (Å²) in [7, 11) is 2.68. The Labute approximate surface area is 113 Å². The summed E-state index contributed by atoms with van der Waals surface area (Å²) in [6.07, 6.45) is 2.54. The van der Waals surface area contributed by atoms with Gasteiger partial charge in [0, 0.05) is 0 Å². The Bertz CT molecular complexity index is 440. The van der Waals surface area contributed by atoms with Crippen molar-refractivity contribution in [1.29, 1.82) is 0 Å². The summed E-state index contributed by atoms with van der Waals surface area (Å²) in [6.45, 7) is 3.90. The highest BCUT2D eigenvalue weighted by Crippen LogP contribution is 2.22. The molecule has 4 heteroatoms. The second-order valence-electron chi connectivity index (χ2n) is 4.43. The van der Waals surface area contributed by atoms with Gasteiger partial charge in [-0.1, -0.05) is 13.3 Å². The molecule has 19 heavy (non-hydrogen) atoms. The first-order valence-electron chi connectivity index (χ1n) is 6.35. The maximum Gasteiger partial charge on any atom is 0.338 e. The number of aryl methyl sites for hydroxylation is 1. The molecule has 4 nitrogen and oxygen atoms in total. The van der Waals surface area contributed by atoms with Gasteiger partial charge < -0.3 is 9.47 Å². The number of esters is 2. The molecular formula is C15H20O4. The fourth-order valence-electron chi connectivity index (χ4n) is 2.02. The fraction of sp³-hybridized carbons (Fsp3) is 0.467. The number of hydrogen-bond donors (Lipinski definition) is 0. The number of methoxy groups -OCH3 is 2. The number of benzene rings is 1. The average Bonchev–Trinajstić information content (AvgIpc) is 2.43. The number of hydrogen-bond acceptors (Lipinski definition) is 4. The van der Waals surface area contributed by atoms with Crippen molar-refractivity contribution < 1.29 is 19.1 Å². The van der Waals surface area contributed by atoms with Crippen LogP contribution in [-0.2, 0) is 15.9 Å². The lowest BCUT2D eigenvalue weighted by molar-refractivity contribution is 0.0596. The molecule has 0 aliphatic rings. The Kier molecular flexibility index (Phi) is 5.55. The predicted molar refractivity (Wildman–Crippen MR) is 72.5 cm³/mol. The maximum absolute atomic E-state index is 11.8. The van der Waals surface area contributed by atoms with Crippen LogP contribution >= 0.6 is 0 Å². The molecule has 0 N–H and O–H groups in total. The summed E-state index contributed by atoms with van der Waals surface area (Å²) in [5.74, 6) is -0.833. The van der Waals surface area contributed by atoms with E-state index in [0.29, 0.717) is 23.1 Å². The van der Waals surface area contributed by atoms with E-state index in [1.807, 2.05) is 6.92 Å². The quantitative estimate of drug-likeness (QED) is 0.767. The Morgan fingerprint density at radius 3 is 1.89 bits per heavy atom. The van der Waals surface area contributed by atoms with Crippen LogP contribution < -0.4 is 0 Å². The second-order valence-corrected chi connectivity index (χ2v) is 4.43. The van der Waals surface area contributed by atoms with Gasteiger partial charge in [0.05, 0.1) is 25.3 Å². The first kappa shape index (κ1) is 15.2. The minimum atomic E-state index is -0.417. The largest absolute Gasteiger partial charge is 0.465 e. The van der Waals surface area contributed by atoms with Crippen LogP contribution in [0.3, 0.4) is 0 Å². The molecule has 0 bridgehead atoms. The Hall–Kier alpha value is -1.84. The van der Waals surface area contributed by atoms with Crippen molar-refractivity contribution in [3.8, 4) is 0 Å². The van der Waals surface area contributed by atoms with Crippen LogP contribution in [0.25, 0.3) is 0 Å². The summed E-state index contributed by atoms with van der Waals surface area (Å²) in [4.78, 5) is 23.7. The lowest BCUT2D eigenvalue weighted by atomic mass is 9.94. The molecule has 1 rings (SSSR count). The molecule has 0 atom stereocenters. The number of carbonyl (C=O) groups is 2. The number of rotatable bonds is 5. The van der Waals surface area contributed by atoms with Gasteiger partial charge in [0.25, 0.3) is 0 Å². The number of carbonyl (C=O) groups excluding carboxylic acids is 2. The molecule has 0 saturated carbocycles. The van der Waals surface area contributed by atoms with Gasteiger partial charge in [0.1, 0.15) is 0 Å². The molecule has 0 spiro atoms. The number of ether oxygens (including phenoxy) is 2. The van der Waals surface area contributed by atoms with Crippen LogP contribution in [0.4, 0.5) is 0 Å². The zero-order valence-electron chi connectivity index (χ0n) is 11.9. The van der Waals surface area contributed by atoms with Gasteiger partial charge in [-0.3, -0.25) is 0 Å². The smallest absolute Gasteiger partial charge is 0.338 e. The van der Waals surface area contributed by atoms with E-state index in [1.54, 1.807) is 12.1 Å². The molecular weight excluding hydrogens is 244 g/mol. The molecule has 0 unspecified atom stereocenters. The highest BCUT2D eigenvalue weighted by molar-refractivity contribution is 5.98. The Balaban J connectivity index is 3.38. The van der Waals surface area contributed by atoms with Crippen molar-refractivity contribution in [2.24, 2.45) is 0 Å². The van der Waals surface area contributed by atoms with Crippen molar-refractivity contribution in [2.75, 3.05) is 14.2 Å². The van der Waals surface area contributed by atoms with E-state index < -0.39 is 11.9 Å². The molecule has 1 aromatic rings. The third-order valence-corrected chi connectivity index (χ3v) is 2.99. The van der Waals surface area contributed by atoms with Crippen molar-refractivity contribution in [3.63, 3.8) is 0 Å². The molecule has 0 amide bonds. The topological polar surface area (TPSA) is 52.6 Å².